The first kappa shape index (κ1) is 24.3. The largest absolute Gasteiger partial charge is 0.479 e. The summed E-state index contributed by atoms with van der Waals surface area (Å²) < 4.78 is 6.00. The summed E-state index contributed by atoms with van der Waals surface area (Å²) in [6.45, 7) is 3.42. The summed E-state index contributed by atoms with van der Waals surface area (Å²) in [6, 6.07) is 29.2. The molecule has 3 rings (SSSR count). The Labute approximate surface area is 196 Å². The van der Waals surface area contributed by atoms with Gasteiger partial charge in [-0.2, -0.15) is 0 Å². The second-order valence-corrected chi connectivity index (χ2v) is 7.95. The Morgan fingerprint density at radius 3 is 1.79 bits per heavy atom. The van der Waals surface area contributed by atoms with E-state index in [9.17, 15) is 9.90 Å². The Bertz CT molecular complexity index is 984. The standard InChI is InChI=1S/C29H31NO3/c1-2-3-7-20-27(28(29(31)32)33-23-26-18-12-6-13-19-26)30(21-24-14-8-4-9-15-24)22-25-16-10-5-11-17-25/h4-6,8-19,27-28H,2-3,21-23H2,1H3,(H,31,32)/t27-,28+/m1/s1. The van der Waals surface area contributed by atoms with E-state index < -0.39 is 18.1 Å². The van der Waals surface area contributed by atoms with E-state index in [1.165, 1.54) is 0 Å². The highest BCUT2D eigenvalue weighted by molar-refractivity contribution is 5.74. The number of carboxylic acids is 1. The Morgan fingerprint density at radius 1 is 0.848 bits per heavy atom. The van der Waals surface area contributed by atoms with Crippen LogP contribution in [0.15, 0.2) is 91.0 Å². The lowest BCUT2D eigenvalue weighted by Gasteiger charge is -2.32. The molecule has 4 nitrogen and oxygen atoms in total. The second-order valence-electron chi connectivity index (χ2n) is 7.95. The lowest BCUT2D eigenvalue weighted by molar-refractivity contribution is -0.155. The first-order valence-electron chi connectivity index (χ1n) is 11.4. The van der Waals surface area contributed by atoms with Crippen LogP contribution in [0.5, 0.6) is 0 Å². The van der Waals surface area contributed by atoms with Crippen molar-refractivity contribution in [2.75, 3.05) is 0 Å². The van der Waals surface area contributed by atoms with E-state index >= 15 is 0 Å². The summed E-state index contributed by atoms with van der Waals surface area (Å²) in [5.74, 6) is 5.43. The van der Waals surface area contributed by atoms with Crippen molar-refractivity contribution in [3.63, 3.8) is 0 Å². The van der Waals surface area contributed by atoms with Gasteiger partial charge in [-0.15, -0.1) is 5.92 Å². The van der Waals surface area contributed by atoms with Crippen LogP contribution in [0.3, 0.4) is 0 Å². The van der Waals surface area contributed by atoms with E-state index in [0.29, 0.717) is 19.5 Å². The molecular formula is C29H31NO3. The van der Waals surface area contributed by atoms with Crippen molar-refractivity contribution in [3.05, 3.63) is 108 Å². The van der Waals surface area contributed by atoms with E-state index in [2.05, 4.69) is 47.9 Å². The number of aliphatic carboxylic acids is 1. The van der Waals surface area contributed by atoms with Gasteiger partial charge in [0.2, 0.25) is 0 Å². The molecule has 2 atom stereocenters. The molecular weight excluding hydrogens is 410 g/mol. The minimum atomic E-state index is -1.08. The fourth-order valence-corrected chi connectivity index (χ4v) is 3.61. The zero-order valence-electron chi connectivity index (χ0n) is 19.1. The summed E-state index contributed by atoms with van der Waals surface area (Å²) in [7, 11) is 0. The fraction of sp³-hybridized carbons (Fsp3) is 0.276. The number of nitrogens with zero attached hydrogens (tertiary/aromatic N) is 1. The van der Waals surface area contributed by atoms with Crippen molar-refractivity contribution in [1.82, 2.24) is 4.90 Å². The maximum atomic E-state index is 12.4. The van der Waals surface area contributed by atoms with Crippen LogP contribution in [0, 0.1) is 11.8 Å². The summed E-state index contributed by atoms with van der Waals surface area (Å²) in [5, 5.41) is 10.1. The van der Waals surface area contributed by atoms with E-state index in [-0.39, 0.29) is 6.61 Å². The van der Waals surface area contributed by atoms with Crippen molar-refractivity contribution in [3.8, 4) is 11.8 Å². The van der Waals surface area contributed by atoms with Crippen LogP contribution >= 0.6 is 0 Å². The van der Waals surface area contributed by atoms with Gasteiger partial charge in [0, 0.05) is 19.5 Å². The summed E-state index contributed by atoms with van der Waals surface area (Å²) in [6.07, 6.45) is 0.549. The molecule has 0 aliphatic rings. The van der Waals surface area contributed by atoms with Crippen LogP contribution in [-0.2, 0) is 29.2 Å². The fourth-order valence-electron chi connectivity index (χ4n) is 3.61. The first-order valence-corrected chi connectivity index (χ1v) is 11.4. The third kappa shape index (κ3) is 7.91. The van der Waals surface area contributed by atoms with E-state index in [1.54, 1.807) is 0 Å². The van der Waals surface area contributed by atoms with Crippen molar-refractivity contribution in [2.45, 2.75) is 51.6 Å². The lowest BCUT2D eigenvalue weighted by Crippen LogP contribution is -2.47. The maximum Gasteiger partial charge on any atom is 0.335 e. The molecule has 0 bridgehead atoms. The van der Waals surface area contributed by atoms with Gasteiger partial charge in [-0.1, -0.05) is 104 Å². The van der Waals surface area contributed by atoms with Crippen LogP contribution in [0.25, 0.3) is 0 Å². The van der Waals surface area contributed by atoms with Gasteiger partial charge in [0.25, 0.3) is 0 Å². The molecule has 3 aromatic carbocycles. The van der Waals surface area contributed by atoms with Crippen LogP contribution in [0.2, 0.25) is 0 Å². The summed E-state index contributed by atoms with van der Waals surface area (Å²) in [4.78, 5) is 14.5. The molecule has 3 aromatic rings. The predicted octanol–water partition coefficient (Wildman–Crippen LogP) is 5.53. The molecule has 0 spiro atoms. The van der Waals surface area contributed by atoms with Crippen LogP contribution < -0.4 is 0 Å². The van der Waals surface area contributed by atoms with E-state index in [0.717, 1.165) is 23.1 Å². The van der Waals surface area contributed by atoms with Crippen molar-refractivity contribution in [1.29, 1.82) is 0 Å². The number of carboxylic acid groups (broad SMARTS) is 1. The zero-order valence-corrected chi connectivity index (χ0v) is 19.1. The molecule has 0 aliphatic carbocycles. The molecule has 170 valence electrons. The van der Waals surface area contributed by atoms with Crippen molar-refractivity contribution >= 4 is 5.97 Å². The number of carbonyl (C=O) groups is 1. The number of ether oxygens (including phenoxy) is 1. The van der Waals surface area contributed by atoms with Crippen molar-refractivity contribution < 1.29 is 14.6 Å². The molecule has 4 heteroatoms. The normalized spacial score (nSPS) is 12.5. The molecule has 0 aromatic heterocycles. The topological polar surface area (TPSA) is 49.8 Å². The molecule has 0 fully saturated rings. The minimum absolute atomic E-state index is 0.217. The average Bonchev–Trinajstić information content (AvgIpc) is 2.84. The Balaban J connectivity index is 1.93. The Kier molecular flexibility index (Phi) is 9.72. The van der Waals surface area contributed by atoms with Gasteiger partial charge in [0.1, 0.15) is 6.04 Å². The molecule has 0 saturated heterocycles. The molecule has 0 heterocycles. The van der Waals surface area contributed by atoms with E-state index in [4.69, 9.17) is 4.74 Å². The molecule has 0 unspecified atom stereocenters. The quantitative estimate of drug-likeness (QED) is 0.398. The number of hydrogen-bond donors (Lipinski definition) is 1. The monoisotopic (exact) mass is 441 g/mol. The van der Waals surface area contributed by atoms with Gasteiger partial charge in [-0.05, 0) is 23.1 Å². The summed E-state index contributed by atoms with van der Waals surface area (Å²) >= 11 is 0. The highest BCUT2D eigenvalue weighted by Crippen LogP contribution is 2.19. The predicted molar refractivity (Wildman–Crippen MR) is 131 cm³/mol. The molecule has 0 amide bonds. The maximum absolute atomic E-state index is 12.4. The van der Waals surface area contributed by atoms with Crippen LogP contribution in [0.4, 0.5) is 0 Å². The van der Waals surface area contributed by atoms with Gasteiger partial charge in [0.05, 0.1) is 6.61 Å². The number of rotatable bonds is 11. The van der Waals surface area contributed by atoms with Gasteiger partial charge in [-0.3, -0.25) is 4.90 Å². The van der Waals surface area contributed by atoms with Crippen LogP contribution in [0.1, 0.15) is 36.5 Å². The first-order chi connectivity index (χ1) is 16.2. The molecule has 0 saturated carbocycles. The Morgan fingerprint density at radius 2 is 1.33 bits per heavy atom. The zero-order chi connectivity index (χ0) is 23.3. The van der Waals surface area contributed by atoms with Gasteiger partial charge < -0.3 is 9.84 Å². The SMILES string of the molecule is CCCC#C[C@H]([C@H](OCc1ccccc1)C(=O)O)N(Cc1ccccc1)Cc1ccccc1. The third-order valence-corrected chi connectivity index (χ3v) is 5.28. The number of unbranched alkanes of at least 4 members (excludes halogenated alkanes) is 1. The van der Waals surface area contributed by atoms with E-state index in [1.807, 2.05) is 66.7 Å². The Hall–Kier alpha value is -3.39. The van der Waals surface area contributed by atoms with Crippen LogP contribution in [-0.4, -0.2) is 28.1 Å². The molecule has 33 heavy (non-hydrogen) atoms. The smallest absolute Gasteiger partial charge is 0.335 e. The molecule has 0 aliphatic heterocycles. The van der Waals surface area contributed by atoms with Gasteiger partial charge in [0.15, 0.2) is 6.10 Å². The van der Waals surface area contributed by atoms with Gasteiger partial charge >= 0.3 is 5.97 Å². The third-order valence-electron chi connectivity index (χ3n) is 5.28. The van der Waals surface area contributed by atoms with Crippen molar-refractivity contribution in [2.24, 2.45) is 0 Å². The minimum Gasteiger partial charge on any atom is -0.479 e. The number of hydrogen-bond acceptors (Lipinski definition) is 3. The highest BCUT2D eigenvalue weighted by atomic mass is 16.5. The average molecular weight is 442 g/mol. The lowest BCUT2D eigenvalue weighted by atomic mass is 10.1. The highest BCUT2D eigenvalue weighted by Gasteiger charge is 2.33. The molecule has 1 N–H and O–H groups in total. The summed E-state index contributed by atoms with van der Waals surface area (Å²) in [5.41, 5.74) is 3.13. The number of benzene rings is 3. The molecule has 0 radical (unpaired) electrons. The second kappa shape index (κ2) is 13.2. The van der Waals surface area contributed by atoms with Gasteiger partial charge in [-0.25, -0.2) is 4.79 Å².